The Labute approximate surface area is 105 Å². The van der Waals surface area contributed by atoms with Gasteiger partial charge in [-0.25, -0.2) is 0 Å². The second-order valence-corrected chi connectivity index (χ2v) is 5.22. The van der Waals surface area contributed by atoms with E-state index in [0.29, 0.717) is 44.8 Å². The number of halogens is 3. The molecule has 1 heterocycles. The Morgan fingerprint density at radius 2 is 1.83 bits per heavy atom. The normalized spacial score (nSPS) is 28.6. The Morgan fingerprint density at radius 3 is 2.39 bits per heavy atom. The number of ketones is 1. The van der Waals surface area contributed by atoms with Crippen LogP contribution in [-0.2, 0) is 4.79 Å². The van der Waals surface area contributed by atoms with Gasteiger partial charge in [0.15, 0.2) is 0 Å². The summed E-state index contributed by atoms with van der Waals surface area (Å²) in [7, 11) is 0. The van der Waals surface area contributed by atoms with E-state index in [4.69, 9.17) is 0 Å². The lowest BCUT2D eigenvalue weighted by Crippen LogP contribution is -2.53. The number of nitrogens with zero attached hydrogens (tertiary/aromatic N) is 2. The molecule has 2 rings (SSSR count). The zero-order chi connectivity index (χ0) is 13.2. The molecule has 104 valence electrons. The van der Waals surface area contributed by atoms with E-state index in [9.17, 15) is 18.0 Å². The van der Waals surface area contributed by atoms with Crippen molar-refractivity contribution in [2.24, 2.45) is 0 Å². The highest BCUT2D eigenvalue weighted by molar-refractivity contribution is 5.79. The second kappa shape index (κ2) is 5.57. The predicted octanol–water partition coefficient (Wildman–Crippen LogP) is 1.68. The third kappa shape index (κ3) is 3.95. The molecule has 0 aromatic heterocycles. The summed E-state index contributed by atoms with van der Waals surface area (Å²) in [6, 6.07) is 0.263. The van der Waals surface area contributed by atoms with Crippen LogP contribution in [0.1, 0.15) is 25.7 Å². The van der Waals surface area contributed by atoms with Gasteiger partial charge in [-0.1, -0.05) is 0 Å². The Morgan fingerprint density at radius 1 is 1.17 bits per heavy atom. The van der Waals surface area contributed by atoms with Gasteiger partial charge in [-0.2, -0.15) is 13.2 Å². The van der Waals surface area contributed by atoms with Crippen molar-refractivity contribution in [3.05, 3.63) is 0 Å². The van der Waals surface area contributed by atoms with E-state index in [1.165, 1.54) is 4.90 Å². The van der Waals surface area contributed by atoms with Gasteiger partial charge in [0.1, 0.15) is 5.78 Å². The standard InChI is InChI=1S/C12H19F3N2O/c13-12(14,15)9-16-4-6-17(7-5-16)10-2-1-3-11(18)8-10/h10H,1-9H2. The van der Waals surface area contributed by atoms with Gasteiger partial charge < -0.3 is 0 Å². The fourth-order valence-corrected chi connectivity index (χ4v) is 2.85. The maximum Gasteiger partial charge on any atom is 0.401 e. The van der Waals surface area contributed by atoms with E-state index in [1.807, 2.05) is 0 Å². The number of carbonyl (C=O) groups excluding carboxylic acids is 1. The number of alkyl halides is 3. The molecule has 3 nitrogen and oxygen atoms in total. The number of Topliss-reactive ketones (excluding diaryl/α,β-unsaturated/α-hetero) is 1. The minimum Gasteiger partial charge on any atom is -0.300 e. The summed E-state index contributed by atoms with van der Waals surface area (Å²) in [5, 5.41) is 0. The minimum absolute atomic E-state index is 0.263. The highest BCUT2D eigenvalue weighted by Gasteiger charge is 2.34. The van der Waals surface area contributed by atoms with Gasteiger partial charge in [0.2, 0.25) is 0 Å². The van der Waals surface area contributed by atoms with Gasteiger partial charge in [-0.05, 0) is 12.8 Å². The summed E-state index contributed by atoms with van der Waals surface area (Å²) in [6.07, 6.45) is -0.927. The van der Waals surface area contributed by atoms with Crippen LogP contribution in [0.2, 0.25) is 0 Å². The van der Waals surface area contributed by atoms with Crippen molar-refractivity contribution >= 4 is 5.78 Å². The Kier molecular flexibility index (Phi) is 4.27. The highest BCUT2D eigenvalue weighted by atomic mass is 19.4. The van der Waals surface area contributed by atoms with E-state index in [-0.39, 0.29) is 6.04 Å². The molecule has 0 radical (unpaired) electrons. The third-order valence-electron chi connectivity index (χ3n) is 3.78. The molecule has 0 aromatic rings. The van der Waals surface area contributed by atoms with Crippen molar-refractivity contribution in [1.29, 1.82) is 0 Å². The number of hydrogen-bond acceptors (Lipinski definition) is 3. The molecule has 1 aliphatic heterocycles. The minimum atomic E-state index is -4.11. The summed E-state index contributed by atoms with van der Waals surface area (Å²) in [6.45, 7) is 1.38. The third-order valence-corrected chi connectivity index (χ3v) is 3.78. The van der Waals surface area contributed by atoms with Crippen LogP contribution in [0.4, 0.5) is 13.2 Å². The van der Waals surface area contributed by atoms with Crippen molar-refractivity contribution in [3.63, 3.8) is 0 Å². The first-order chi connectivity index (χ1) is 8.44. The summed E-state index contributed by atoms with van der Waals surface area (Å²) in [5.74, 6) is 0.295. The first-order valence-electron chi connectivity index (χ1n) is 6.49. The Balaban J connectivity index is 1.77. The molecule has 0 aromatic carbocycles. The van der Waals surface area contributed by atoms with Gasteiger partial charge in [0.05, 0.1) is 6.54 Å². The molecule has 1 unspecified atom stereocenters. The first kappa shape index (κ1) is 13.8. The number of carbonyl (C=O) groups is 1. The molecule has 18 heavy (non-hydrogen) atoms. The molecule has 2 fully saturated rings. The quantitative estimate of drug-likeness (QED) is 0.758. The molecule has 1 atom stereocenters. The molecule has 6 heteroatoms. The lowest BCUT2D eigenvalue weighted by Gasteiger charge is -2.40. The van der Waals surface area contributed by atoms with Crippen LogP contribution in [0, 0.1) is 0 Å². The maximum absolute atomic E-state index is 12.2. The first-order valence-corrected chi connectivity index (χ1v) is 6.49. The molecule has 1 aliphatic carbocycles. The number of hydrogen-bond donors (Lipinski definition) is 0. The maximum atomic E-state index is 12.2. The molecule has 0 N–H and O–H groups in total. The average Bonchev–Trinajstić information content (AvgIpc) is 2.28. The monoisotopic (exact) mass is 264 g/mol. The molecular formula is C12H19F3N2O. The van der Waals surface area contributed by atoms with E-state index in [1.54, 1.807) is 0 Å². The molecule has 1 saturated heterocycles. The smallest absolute Gasteiger partial charge is 0.300 e. The lowest BCUT2D eigenvalue weighted by atomic mass is 9.92. The highest BCUT2D eigenvalue weighted by Crippen LogP contribution is 2.23. The summed E-state index contributed by atoms with van der Waals surface area (Å²) >= 11 is 0. The zero-order valence-corrected chi connectivity index (χ0v) is 10.4. The van der Waals surface area contributed by atoms with E-state index >= 15 is 0 Å². The van der Waals surface area contributed by atoms with E-state index in [2.05, 4.69) is 4.90 Å². The molecular weight excluding hydrogens is 245 g/mol. The number of rotatable bonds is 2. The molecule has 0 amide bonds. The van der Waals surface area contributed by atoms with Crippen molar-refractivity contribution in [3.8, 4) is 0 Å². The summed E-state index contributed by atoms with van der Waals surface area (Å²) in [5.41, 5.74) is 0. The van der Waals surface area contributed by atoms with E-state index < -0.39 is 12.7 Å². The second-order valence-electron chi connectivity index (χ2n) is 5.22. The lowest BCUT2D eigenvalue weighted by molar-refractivity contribution is -0.150. The average molecular weight is 264 g/mol. The van der Waals surface area contributed by atoms with Gasteiger partial charge >= 0.3 is 6.18 Å². The topological polar surface area (TPSA) is 23.6 Å². The predicted molar refractivity (Wildman–Crippen MR) is 61.3 cm³/mol. The fraction of sp³-hybridized carbons (Fsp3) is 0.917. The molecule has 0 bridgehead atoms. The van der Waals surface area contributed by atoms with Gasteiger partial charge in [-0.3, -0.25) is 14.6 Å². The van der Waals surface area contributed by atoms with Crippen LogP contribution in [0.15, 0.2) is 0 Å². The van der Waals surface area contributed by atoms with Crippen molar-refractivity contribution < 1.29 is 18.0 Å². The number of piperazine rings is 1. The van der Waals surface area contributed by atoms with Crippen LogP contribution in [0.25, 0.3) is 0 Å². The summed E-state index contributed by atoms with van der Waals surface area (Å²) < 4.78 is 36.7. The van der Waals surface area contributed by atoms with Crippen LogP contribution in [0.5, 0.6) is 0 Å². The van der Waals surface area contributed by atoms with Crippen LogP contribution in [-0.4, -0.2) is 60.5 Å². The zero-order valence-electron chi connectivity index (χ0n) is 10.4. The van der Waals surface area contributed by atoms with Gasteiger partial charge in [-0.15, -0.1) is 0 Å². The fourth-order valence-electron chi connectivity index (χ4n) is 2.85. The van der Waals surface area contributed by atoms with Crippen molar-refractivity contribution in [2.75, 3.05) is 32.7 Å². The Hall–Kier alpha value is -0.620. The van der Waals surface area contributed by atoms with Gasteiger partial charge in [0, 0.05) is 45.1 Å². The SMILES string of the molecule is O=C1CCCC(N2CCN(CC(F)(F)F)CC2)C1. The molecule has 0 spiro atoms. The molecule has 1 saturated carbocycles. The van der Waals surface area contributed by atoms with E-state index in [0.717, 1.165) is 12.8 Å². The van der Waals surface area contributed by atoms with Crippen molar-refractivity contribution in [1.82, 2.24) is 9.80 Å². The van der Waals surface area contributed by atoms with Gasteiger partial charge in [0.25, 0.3) is 0 Å². The van der Waals surface area contributed by atoms with Crippen molar-refractivity contribution in [2.45, 2.75) is 37.9 Å². The summed E-state index contributed by atoms with van der Waals surface area (Å²) in [4.78, 5) is 15.0. The largest absolute Gasteiger partial charge is 0.401 e. The van der Waals surface area contributed by atoms with Crippen LogP contribution in [0.3, 0.4) is 0 Å². The van der Waals surface area contributed by atoms with Crippen LogP contribution >= 0.6 is 0 Å². The molecule has 2 aliphatic rings. The Bertz CT molecular complexity index is 298. The van der Waals surface area contributed by atoms with Crippen LogP contribution < -0.4 is 0 Å².